The van der Waals surface area contributed by atoms with Crippen molar-refractivity contribution >= 4 is 17.7 Å². The van der Waals surface area contributed by atoms with Crippen LogP contribution in [-0.4, -0.2) is 68.3 Å². The molecule has 1 rings (SSSR count). The van der Waals surface area contributed by atoms with Gasteiger partial charge in [0.1, 0.15) is 6.04 Å². The molecule has 0 saturated heterocycles. The van der Waals surface area contributed by atoms with Gasteiger partial charge >= 0.3 is 12.1 Å². The number of esters is 1. The van der Waals surface area contributed by atoms with E-state index in [1.54, 1.807) is 6.92 Å². The van der Waals surface area contributed by atoms with E-state index in [2.05, 4.69) is 5.32 Å². The van der Waals surface area contributed by atoms with E-state index in [0.717, 1.165) is 11.3 Å². The Morgan fingerprint density at radius 3 is 2.11 bits per heavy atom. The Bertz CT molecular complexity index is 530. The molecule has 8 heteroatoms. The first-order chi connectivity index (χ1) is 13.0. The first-order valence-electron chi connectivity index (χ1n) is 9.12. The molecule has 1 atom stereocenters. The Balaban J connectivity index is 0.00000326. The van der Waals surface area contributed by atoms with Crippen LogP contribution in [0.5, 0.6) is 0 Å². The zero-order valence-corrected chi connectivity index (χ0v) is 16.6. The van der Waals surface area contributed by atoms with Crippen molar-refractivity contribution in [3.63, 3.8) is 0 Å². The second-order valence-electron chi connectivity index (χ2n) is 5.25. The average molecular weight is 384 g/mol. The SMILES string of the molecule is CC.CCOC(=O)N[C@@H](Cc1ccc(N(CCO)CCO)cc1)C(=O)OC. The highest BCUT2D eigenvalue weighted by molar-refractivity contribution is 5.81. The molecule has 0 aliphatic heterocycles. The summed E-state index contributed by atoms with van der Waals surface area (Å²) in [7, 11) is 1.26. The summed E-state index contributed by atoms with van der Waals surface area (Å²) in [5.41, 5.74) is 1.67. The standard InChI is InChI=1S/C17H26N2O6.C2H6/c1-3-25-17(23)18-15(16(22)24-2)12-13-4-6-14(7-5-13)19(8-10-20)9-11-21;1-2/h4-7,15,20-21H,3,8-12H2,1-2H3,(H,18,23);1-2H3/t15-;/m0./s1. The van der Waals surface area contributed by atoms with Crippen LogP contribution in [0, 0.1) is 0 Å². The molecule has 1 aromatic rings. The molecule has 0 saturated carbocycles. The van der Waals surface area contributed by atoms with Crippen LogP contribution < -0.4 is 10.2 Å². The smallest absolute Gasteiger partial charge is 0.407 e. The van der Waals surface area contributed by atoms with Crippen LogP contribution in [0.25, 0.3) is 0 Å². The van der Waals surface area contributed by atoms with Gasteiger partial charge < -0.3 is 29.9 Å². The molecule has 1 amide bonds. The first kappa shape index (κ1) is 24.7. The van der Waals surface area contributed by atoms with Crippen LogP contribution in [0.15, 0.2) is 24.3 Å². The van der Waals surface area contributed by atoms with E-state index in [-0.39, 0.29) is 26.2 Å². The van der Waals surface area contributed by atoms with E-state index >= 15 is 0 Å². The van der Waals surface area contributed by atoms with Crippen LogP contribution in [-0.2, 0) is 20.7 Å². The molecule has 8 nitrogen and oxygen atoms in total. The van der Waals surface area contributed by atoms with Crippen molar-refractivity contribution in [2.45, 2.75) is 33.2 Å². The third-order valence-corrected chi connectivity index (χ3v) is 3.53. The second-order valence-corrected chi connectivity index (χ2v) is 5.25. The van der Waals surface area contributed by atoms with Gasteiger partial charge in [-0.2, -0.15) is 0 Å². The number of alkyl carbamates (subject to hydrolysis) is 1. The molecule has 0 bridgehead atoms. The zero-order valence-electron chi connectivity index (χ0n) is 16.6. The van der Waals surface area contributed by atoms with Gasteiger partial charge in [-0.3, -0.25) is 0 Å². The summed E-state index contributed by atoms with van der Waals surface area (Å²) in [5.74, 6) is -0.556. The number of hydrogen-bond donors (Lipinski definition) is 3. The number of ether oxygens (including phenoxy) is 2. The van der Waals surface area contributed by atoms with Crippen molar-refractivity contribution < 1.29 is 29.3 Å². The van der Waals surface area contributed by atoms with Crippen LogP contribution in [0.1, 0.15) is 26.3 Å². The summed E-state index contributed by atoms with van der Waals surface area (Å²) in [6.07, 6.45) is -0.419. The maximum absolute atomic E-state index is 11.8. The zero-order chi connectivity index (χ0) is 20.7. The molecule has 27 heavy (non-hydrogen) atoms. The van der Waals surface area contributed by atoms with Crippen molar-refractivity contribution in [3.8, 4) is 0 Å². The summed E-state index contributed by atoms with van der Waals surface area (Å²) in [5, 5.41) is 20.7. The number of hydrogen-bond acceptors (Lipinski definition) is 7. The second kappa shape index (κ2) is 14.8. The number of anilines is 1. The van der Waals surface area contributed by atoms with Gasteiger partial charge in [0.05, 0.1) is 26.9 Å². The maximum Gasteiger partial charge on any atom is 0.407 e. The number of carbonyl (C=O) groups is 2. The fourth-order valence-electron chi connectivity index (χ4n) is 2.34. The summed E-state index contributed by atoms with van der Waals surface area (Å²) >= 11 is 0. The third-order valence-electron chi connectivity index (χ3n) is 3.53. The molecule has 3 N–H and O–H groups in total. The van der Waals surface area contributed by atoms with Gasteiger partial charge in [0, 0.05) is 25.2 Å². The third kappa shape index (κ3) is 9.25. The van der Waals surface area contributed by atoms with Crippen LogP contribution >= 0.6 is 0 Å². The number of nitrogens with zero attached hydrogens (tertiary/aromatic N) is 1. The Morgan fingerprint density at radius 2 is 1.67 bits per heavy atom. The number of nitrogens with one attached hydrogen (secondary N) is 1. The number of aliphatic hydroxyl groups excluding tert-OH is 2. The summed E-state index contributed by atoms with van der Waals surface area (Å²) in [4.78, 5) is 25.2. The number of carbonyl (C=O) groups excluding carboxylic acids is 2. The van der Waals surface area contributed by atoms with E-state index in [4.69, 9.17) is 19.7 Å². The van der Waals surface area contributed by atoms with Gasteiger partial charge in [0.2, 0.25) is 0 Å². The predicted molar refractivity (Wildman–Crippen MR) is 104 cm³/mol. The quantitative estimate of drug-likeness (QED) is 0.522. The predicted octanol–water partition coefficient (Wildman–Crippen LogP) is 1.33. The Kier molecular flexibility index (Phi) is 13.5. The van der Waals surface area contributed by atoms with Gasteiger partial charge in [0.25, 0.3) is 0 Å². The van der Waals surface area contributed by atoms with Crippen LogP contribution in [0.2, 0.25) is 0 Å². The number of benzene rings is 1. The molecule has 0 radical (unpaired) electrons. The number of rotatable bonds is 10. The Labute approximate surface area is 161 Å². The van der Waals surface area contributed by atoms with Gasteiger partial charge in [-0.25, -0.2) is 9.59 Å². The van der Waals surface area contributed by atoms with Crippen molar-refractivity contribution in [2.24, 2.45) is 0 Å². The van der Waals surface area contributed by atoms with Gasteiger partial charge in [-0.15, -0.1) is 0 Å². The highest BCUT2D eigenvalue weighted by atomic mass is 16.6. The molecule has 0 aliphatic rings. The van der Waals surface area contributed by atoms with Crippen LogP contribution in [0.4, 0.5) is 10.5 Å². The van der Waals surface area contributed by atoms with Crippen molar-refractivity contribution in [1.82, 2.24) is 5.32 Å². The van der Waals surface area contributed by atoms with Crippen molar-refractivity contribution in [2.75, 3.05) is 44.9 Å². The Morgan fingerprint density at radius 1 is 1.11 bits per heavy atom. The number of amides is 1. The molecule has 0 aromatic heterocycles. The molecular formula is C19H32N2O6. The molecule has 154 valence electrons. The van der Waals surface area contributed by atoms with Crippen molar-refractivity contribution in [1.29, 1.82) is 0 Å². The Hall–Kier alpha value is -2.32. The van der Waals surface area contributed by atoms with E-state index in [9.17, 15) is 9.59 Å². The minimum Gasteiger partial charge on any atom is -0.467 e. The number of aliphatic hydroxyl groups is 2. The van der Waals surface area contributed by atoms with Crippen LogP contribution in [0.3, 0.4) is 0 Å². The fourth-order valence-corrected chi connectivity index (χ4v) is 2.34. The summed E-state index contributed by atoms with van der Waals surface area (Å²) in [6, 6.07) is 6.46. The van der Waals surface area contributed by atoms with E-state index in [1.165, 1.54) is 7.11 Å². The molecule has 0 aliphatic carbocycles. The molecule has 0 unspecified atom stereocenters. The molecule has 0 fully saturated rings. The van der Waals surface area contributed by atoms with Gasteiger partial charge in [0.15, 0.2) is 0 Å². The topological polar surface area (TPSA) is 108 Å². The number of methoxy groups -OCH3 is 1. The van der Waals surface area contributed by atoms with Gasteiger partial charge in [-0.1, -0.05) is 26.0 Å². The van der Waals surface area contributed by atoms with E-state index < -0.39 is 18.1 Å². The summed E-state index contributed by atoms with van der Waals surface area (Å²) < 4.78 is 9.51. The molecule has 0 spiro atoms. The lowest BCUT2D eigenvalue weighted by Crippen LogP contribution is -2.43. The average Bonchev–Trinajstić information content (AvgIpc) is 2.69. The van der Waals surface area contributed by atoms with Crippen molar-refractivity contribution in [3.05, 3.63) is 29.8 Å². The lowest BCUT2D eigenvalue weighted by Gasteiger charge is -2.23. The van der Waals surface area contributed by atoms with E-state index in [0.29, 0.717) is 13.1 Å². The largest absolute Gasteiger partial charge is 0.467 e. The highest BCUT2D eigenvalue weighted by Gasteiger charge is 2.22. The minimum absolute atomic E-state index is 0.0182. The molecular weight excluding hydrogens is 352 g/mol. The normalized spacial score (nSPS) is 10.9. The maximum atomic E-state index is 11.8. The summed E-state index contributed by atoms with van der Waals surface area (Å²) in [6.45, 7) is 6.67. The monoisotopic (exact) mass is 384 g/mol. The molecule has 0 heterocycles. The lowest BCUT2D eigenvalue weighted by molar-refractivity contribution is -0.142. The fraction of sp³-hybridized carbons (Fsp3) is 0.579. The highest BCUT2D eigenvalue weighted by Crippen LogP contribution is 2.16. The molecule has 1 aromatic carbocycles. The van der Waals surface area contributed by atoms with Gasteiger partial charge in [-0.05, 0) is 24.6 Å². The first-order valence-corrected chi connectivity index (χ1v) is 9.12. The minimum atomic E-state index is -0.846. The van der Waals surface area contributed by atoms with E-state index in [1.807, 2.05) is 43.0 Å². The lowest BCUT2D eigenvalue weighted by atomic mass is 10.1.